The largest absolute Gasteiger partial charge is 0.394 e. The first-order chi connectivity index (χ1) is 28.6. The lowest BCUT2D eigenvalue weighted by Crippen LogP contribution is -2.65. The van der Waals surface area contributed by atoms with Crippen molar-refractivity contribution in [2.75, 3.05) is 19.8 Å². The number of unbranched alkanes of at least 4 members (excludes halogenated alkanes) is 17. The molecule has 9 N–H and O–H groups in total. The van der Waals surface area contributed by atoms with E-state index in [2.05, 4.69) is 43.5 Å². The van der Waals surface area contributed by atoms with Crippen LogP contribution in [0, 0.1) is 0 Å². The quantitative estimate of drug-likeness (QED) is 0.0319. The van der Waals surface area contributed by atoms with E-state index in [1.165, 1.54) is 57.8 Å². The van der Waals surface area contributed by atoms with Gasteiger partial charge in [0.1, 0.15) is 48.8 Å². The number of carbonyl (C=O) groups excluding carboxylic acids is 1. The molecule has 1 amide bonds. The van der Waals surface area contributed by atoms with E-state index in [1.807, 2.05) is 0 Å². The molecule has 2 rings (SSSR count). The second kappa shape index (κ2) is 33.1. The van der Waals surface area contributed by atoms with Crippen LogP contribution < -0.4 is 5.32 Å². The van der Waals surface area contributed by atoms with E-state index in [-0.39, 0.29) is 18.9 Å². The summed E-state index contributed by atoms with van der Waals surface area (Å²) in [5.74, 6) is -0.225. The number of aliphatic hydroxyl groups is 8. The summed E-state index contributed by atoms with van der Waals surface area (Å²) in [6.45, 7) is 2.77. The molecule has 14 nitrogen and oxygen atoms in total. The molecule has 14 heteroatoms. The zero-order valence-electron chi connectivity index (χ0n) is 36.2. The summed E-state index contributed by atoms with van der Waals surface area (Å²) >= 11 is 0. The molecular weight excluding hydrogens is 762 g/mol. The first kappa shape index (κ1) is 53.6. The number of ether oxygens (including phenoxy) is 4. The van der Waals surface area contributed by atoms with Gasteiger partial charge in [0.2, 0.25) is 5.91 Å². The molecule has 0 radical (unpaired) electrons. The fraction of sp³-hybridized carbons (Fsp3) is 0.889. The Hall–Kier alpha value is -1.53. The highest BCUT2D eigenvalue weighted by Crippen LogP contribution is 2.30. The molecule has 12 unspecified atom stereocenters. The molecule has 2 saturated heterocycles. The SMILES string of the molecule is CCCCCC/C=C\C/C=C\CCCCCCCC(=O)NC(COC1OC(CO)C(OC2OC(CO)C(O)C(O)C2O)C(O)C1O)C(O)CCCCCCCCCCC. The van der Waals surface area contributed by atoms with E-state index >= 15 is 0 Å². The van der Waals surface area contributed by atoms with Crippen LogP contribution >= 0.6 is 0 Å². The third-order valence-electron chi connectivity index (χ3n) is 11.4. The minimum atomic E-state index is -1.78. The van der Waals surface area contributed by atoms with Crippen molar-refractivity contribution in [3.8, 4) is 0 Å². The van der Waals surface area contributed by atoms with Crippen molar-refractivity contribution in [3.63, 3.8) is 0 Å². The van der Waals surface area contributed by atoms with Gasteiger partial charge in [-0.2, -0.15) is 0 Å². The molecule has 2 heterocycles. The van der Waals surface area contributed by atoms with Gasteiger partial charge in [-0.15, -0.1) is 0 Å². The van der Waals surface area contributed by atoms with Gasteiger partial charge in [-0.3, -0.25) is 4.79 Å². The minimum Gasteiger partial charge on any atom is -0.394 e. The number of rotatable bonds is 34. The van der Waals surface area contributed by atoms with Crippen LogP contribution in [0.25, 0.3) is 0 Å². The number of hydrogen-bond donors (Lipinski definition) is 9. The van der Waals surface area contributed by atoms with Gasteiger partial charge in [-0.05, 0) is 44.9 Å². The van der Waals surface area contributed by atoms with E-state index in [0.29, 0.717) is 12.8 Å². The average molecular weight is 846 g/mol. The summed E-state index contributed by atoms with van der Waals surface area (Å²) in [4.78, 5) is 13.1. The summed E-state index contributed by atoms with van der Waals surface area (Å²) in [5.41, 5.74) is 0. The van der Waals surface area contributed by atoms with Crippen LogP contribution in [0.5, 0.6) is 0 Å². The van der Waals surface area contributed by atoms with Crippen molar-refractivity contribution in [3.05, 3.63) is 24.3 Å². The molecule has 2 fully saturated rings. The van der Waals surface area contributed by atoms with Crippen molar-refractivity contribution >= 4 is 5.91 Å². The van der Waals surface area contributed by atoms with Crippen LogP contribution in [-0.2, 0) is 23.7 Å². The molecule has 2 aliphatic heterocycles. The Labute approximate surface area is 354 Å². The van der Waals surface area contributed by atoms with E-state index < -0.39 is 86.8 Å². The van der Waals surface area contributed by atoms with Gasteiger partial charge in [0.15, 0.2) is 12.6 Å². The normalized spacial score (nSPS) is 28.7. The Morgan fingerprint density at radius 3 is 1.71 bits per heavy atom. The van der Waals surface area contributed by atoms with Crippen molar-refractivity contribution in [1.29, 1.82) is 0 Å². The number of allylic oxidation sites excluding steroid dienone is 4. The molecule has 2 aliphatic rings. The molecule has 12 atom stereocenters. The van der Waals surface area contributed by atoms with Crippen molar-refractivity contribution in [2.45, 2.75) is 235 Å². The predicted octanol–water partition coefficient (Wildman–Crippen LogP) is 4.60. The molecule has 0 aromatic carbocycles. The Balaban J connectivity index is 1.86. The van der Waals surface area contributed by atoms with Gasteiger partial charge < -0.3 is 65.1 Å². The maximum absolute atomic E-state index is 13.1. The smallest absolute Gasteiger partial charge is 0.220 e. The molecule has 59 heavy (non-hydrogen) atoms. The number of aliphatic hydroxyl groups excluding tert-OH is 8. The molecule has 0 aromatic rings. The predicted molar refractivity (Wildman–Crippen MR) is 226 cm³/mol. The molecule has 0 bridgehead atoms. The van der Waals surface area contributed by atoms with Crippen LogP contribution in [0.15, 0.2) is 24.3 Å². The Morgan fingerprint density at radius 2 is 1.12 bits per heavy atom. The summed E-state index contributed by atoms with van der Waals surface area (Å²) in [6, 6.07) is -0.831. The fourth-order valence-corrected chi connectivity index (χ4v) is 7.56. The van der Waals surface area contributed by atoms with E-state index in [9.17, 15) is 45.6 Å². The van der Waals surface area contributed by atoms with Crippen LogP contribution in [-0.4, -0.2) is 140 Å². The van der Waals surface area contributed by atoms with Gasteiger partial charge >= 0.3 is 0 Å². The molecule has 0 saturated carbocycles. The standard InChI is InChI=1S/C45H83NO13/c1-3-5-7-9-11-13-14-15-16-17-18-19-21-23-25-27-29-37(50)46-33(34(49)28-26-24-22-20-12-10-8-6-4-2)32-56-44-42(55)40(53)43(36(31-48)58-44)59-45-41(54)39(52)38(51)35(30-47)57-45/h13-14,16-17,33-36,38-45,47-49,51-55H,3-12,15,18-32H2,1-2H3,(H,46,50)/b14-13-,17-16-. The maximum atomic E-state index is 13.1. The summed E-state index contributed by atoms with van der Waals surface area (Å²) in [6.07, 6.45) is 16.2. The second-order valence-corrected chi connectivity index (χ2v) is 16.5. The van der Waals surface area contributed by atoms with Crippen molar-refractivity contribution in [2.24, 2.45) is 0 Å². The zero-order chi connectivity index (χ0) is 43.3. The topological polar surface area (TPSA) is 228 Å². The highest BCUT2D eigenvalue weighted by Gasteiger charge is 2.51. The van der Waals surface area contributed by atoms with Crippen molar-refractivity contribution < 1.29 is 64.6 Å². The second-order valence-electron chi connectivity index (χ2n) is 16.5. The number of amides is 1. The van der Waals surface area contributed by atoms with Gasteiger partial charge in [0.05, 0.1) is 32.0 Å². The van der Waals surface area contributed by atoms with E-state index in [1.54, 1.807) is 0 Å². The lowest BCUT2D eigenvalue weighted by molar-refractivity contribution is -0.359. The third kappa shape index (κ3) is 21.4. The van der Waals surface area contributed by atoms with Crippen LogP contribution in [0.1, 0.15) is 162 Å². The molecular formula is C45H83NO13. The number of hydrogen-bond acceptors (Lipinski definition) is 13. The highest BCUT2D eigenvalue weighted by molar-refractivity contribution is 5.76. The van der Waals surface area contributed by atoms with Crippen LogP contribution in [0.4, 0.5) is 0 Å². The maximum Gasteiger partial charge on any atom is 0.220 e. The third-order valence-corrected chi connectivity index (χ3v) is 11.4. The Morgan fingerprint density at radius 1 is 0.610 bits per heavy atom. The fourth-order valence-electron chi connectivity index (χ4n) is 7.56. The van der Waals surface area contributed by atoms with Crippen LogP contribution in [0.2, 0.25) is 0 Å². The van der Waals surface area contributed by atoms with Gasteiger partial charge in [0.25, 0.3) is 0 Å². The van der Waals surface area contributed by atoms with Crippen LogP contribution in [0.3, 0.4) is 0 Å². The first-order valence-electron chi connectivity index (χ1n) is 23.1. The summed E-state index contributed by atoms with van der Waals surface area (Å²) < 4.78 is 22.6. The van der Waals surface area contributed by atoms with E-state index in [4.69, 9.17) is 18.9 Å². The molecule has 0 aliphatic carbocycles. The number of nitrogens with one attached hydrogen (secondary N) is 1. The number of carbonyl (C=O) groups is 1. The lowest BCUT2D eigenvalue weighted by atomic mass is 9.97. The lowest BCUT2D eigenvalue weighted by Gasteiger charge is -2.46. The van der Waals surface area contributed by atoms with Gasteiger partial charge in [-0.1, -0.05) is 134 Å². The minimum absolute atomic E-state index is 0.225. The summed E-state index contributed by atoms with van der Waals surface area (Å²) in [5, 5.41) is 86.5. The molecule has 0 spiro atoms. The van der Waals surface area contributed by atoms with Gasteiger partial charge in [-0.25, -0.2) is 0 Å². The average Bonchev–Trinajstić information content (AvgIpc) is 3.23. The highest BCUT2D eigenvalue weighted by atomic mass is 16.7. The van der Waals surface area contributed by atoms with Gasteiger partial charge in [0, 0.05) is 6.42 Å². The molecule has 0 aromatic heterocycles. The Bertz CT molecular complexity index is 1090. The molecule has 346 valence electrons. The van der Waals surface area contributed by atoms with Crippen molar-refractivity contribution in [1.82, 2.24) is 5.32 Å². The first-order valence-corrected chi connectivity index (χ1v) is 23.1. The summed E-state index contributed by atoms with van der Waals surface area (Å²) in [7, 11) is 0. The zero-order valence-corrected chi connectivity index (χ0v) is 36.2. The Kier molecular flexibility index (Phi) is 30.1. The monoisotopic (exact) mass is 846 g/mol. The van der Waals surface area contributed by atoms with E-state index in [0.717, 1.165) is 70.6 Å².